The van der Waals surface area contributed by atoms with Gasteiger partial charge in [-0.05, 0) is 45.1 Å². The highest BCUT2D eigenvalue weighted by atomic mass is 15.2. The molecule has 0 aromatic carbocycles. The van der Waals surface area contributed by atoms with Crippen LogP contribution in [0.3, 0.4) is 0 Å². The summed E-state index contributed by atoms with van der Waals surface area (Å²) < 4.78 is 0. The Morgan fingerprint density at radius 3 is 2.36 bits per heavy atom. The van der Waals surface area contributed by atoms with E-state index in [0.29, 0.717) is 6.04 Å². The Morgan fingerprint density at radius 1 is 1.29 bits per heavy atom. The molecule has 0 spiro atoms. The fourth-order valence-corrected chi connectivity index (χ4v) is 1.95. The molecule has 1 atom stereocenters. The Hall–Kier alpha value is -0.0800. The van der Waals surface area contributed by atoms with Crippen LogP contribution >= 0.6 is 0 Å². The first-order chi connectivity index (χ1) is 6.59. The van der Waals surface area contributed by atoms with Crippen molar-refractivity contribution in [2.24, 2.45) is 11.7 Å². The zero-order chi connectivity index (χ0) is 10.6. The summed E-state index contributed by atoms with van der Waals surface area (Å²) in [6.07, 6.45) is 5.28. The molecule has 0 amide bonds. The van der Waals surface area contributed by atoms with Crippen LogP contribution in [0.25, 0.3) is 0 Å². The van der Waals surface area contributed by atoms with E-state index < -0.39 is 0 Å². The van der Waals surface area contributed by atoms with Crippen LogP contribution in [0.4, 0.5) is 0 Å². The molecule has 0 radical (unpaired) electrons. The van der Waals surface area contributed by atoms with Crippen molar-refractivity contribution in [1.29, 1.82) is 0 Å². The van der Waals surface area contributed by atoms with Gasteiger partial charge in [-0.1, -0.05) is 13.8 Å². The van der Waals surface area contributed by atoms with Crippen LogP contribution < -0.4 is 5.73 Å². The second-order valence-electron chi connectivity index (χ2n) is 5.24. The summed E-state index contributed by atoms with van der Waals surface area (Å²) in [5.74, 6) is 0.797. The third-order valence-corrected chi connectivity index (χ3v) is 2.77. The van der Waals surface area contributed by atoms with Crippen LogP contribution in [-0.4, -0.2) is 30.1 Å². The first-order valence-corrected chi connectivity index (χ1v) is 6.09. The van der Waals surface area contributed by atoms with E-state index in [1.165, 1.54) is 38.8 Å². The van der Waals surface area contributed by atoms with E-state index in [4.69, 9.17) is 5.73 Å². The van der Waals surface area contributed by atoms with Gasteiger partial charge < -0.3 is 10.6 Å². The maximum absolute atomic E-state index is 5.75. The molecule has 1 aliphatic rings. The van der Waals surface area contributed by atoms with E-state index in [9.17, 15) is 0 Å². The van der Waals surface area contributed by atoms with E-state index in [1.807, 2.05) is 0 Å². The molecule has 0 heterocycles. The lowest BCUT2D eigenvalue weighted by Gasteiger charge is -2.24. The van der Waals surface area contributed by atoms with Crippen LogP contribution in [0.5, 0.6) is 0 Å². The van der Waals surface area contributed by atoms with Gasteiger partial charge in [-0.25, -0.2) is 0 Å². The minimum absolute atomic E-state index is 0.370. The van der Waals surface area contributed by atoms with Gasteiger partial charge in [-0.15, -0.1) is 0 Å². The van der Waals surface area contributed by atoms with Crippen molar-refractivity contribution in [1.82, 2.24) is 4.90 Å². The van der Waals surface area contributed by atoms with Gasteiger partial charge in [-0.2, -0.15) is 0 Å². The average Bonchev–Trinajstić information content (AvgIpc) is 2.83. The molecule has 0 saturated heterocycles. The summed E-state index contributed by atoms with van der Waals surface area (Å²) in [6.45, 7) is 9.24. The van der Waals surface area contributed by atoms with Crippen molar-refractivity contribution in [3.8, 4) is 0 Å². The molecule has 1 fully saturated rings. The van der Waals surface area contributed by atoms with Gasteiger partial charge in [0.05, 0.1) is 0 Å². The third kappa shape index (κ3) is 4.97. The van der Waals surface area contributed by atoms with E-state index >= 15 is 0 Å². The maximum atomic E-state index is 5.75. The molecular weight excluding hydrogens is 172 g/mol. The van der Waals surface area contributed by atoms with Gasteiger partial charge in [0.15, 0.2) is 0 Å². The molecule has 1 saturated carbocycles. The zero-order valence-electron chi connectivity index (χ0n) is 10.00. The normalized spacial score (nSPS) is 19.3. The van der Waals surface area contributed by atoms with Gasteiger partial charge in [-0.3, -0.25) is 0 Å². The van der Waals surface area contributed by atoms with Crippen molar-refractivity contribution in [2.75, 3.05) is 13.1 Å². The first kappa shape index (κ1) is 12.0. The number of hydrogen-bond donors (Lipinski definition) is 1. The van der Waals surface area contributed by atoms with E-state index in [0.717, 1.165) is 12.0 Å². The SMILES string of the molecule is CC(C)CN(CCCC(C)N)C1CC1. The van der Waals surface area contributed by atoms with Gasteiger partial charge in [0, 0.05) is 18.6 Å². The molecule has 1 unspecified atom stereocenters. The van der Waals surface area contributed by atoms with Gasteiger partial charge in [0.2, 0.25) is 0 Å². The van der Waals surface area contributed by atoms with Crippen LogP contribution in [0.2, 0.25) is 0 Å². The summed E-state index contributed by atoms with van der Waals surface area (Å²) in [5.41, 5.74) is 5.75. The topological polar surface area (TPSA) is 29.3 Å². The predicted molar refractivity (Wildman–Crippen MR) is 62.3 cm³/mol. The maximum Gasteiger partial charge on any atom is 0.00965 e. The minimum Gasteiger partial charge on any atom is -0.328 e. The highest BCUT2D eigenvalue weighted by Gasteiger charge is 2.28. The minimum atomic E-state index is 0.370. The number of hydrogen-bond acceptors (Lipinski definition) is 2. The number of nitrogens with two attached hydrogens (primary N) is 1. The van der Waals surface area contributed by atoms with Crippen LogP contribution in [-0.2, 0) is 0 Å². The second kappa shape index (κ2) is 5.72. The Kier molecular flexibility index (Phi) is 4.90. The monoisotopic (exact) mass is 198 g/mol. The Bertz CT molecular complexity index is 150. The van der Waals surface area contributed by atoms with Crippen molar-refractivity contribution in [3.63, 3.8) is 0 Å². The fraction of sp³-hybridized carbons (Fsp3) is 1.00. The van der Waals surface area contributed by atoms with Gasteiger partial charge in [0.1, 0.15) is 0 Å². The number of nitrogens with zero attached hydrogens (tertiary/aromatic N) is 1. The van der Waals surface area contributed by atoms with Gasteiger partial charge in [0.25, 0.3) is 0 Å². The van der Waals surface area contributed by atoms with E-state index in [-0.39, 0.29) is 0 Å². The molecule has 0 aliphatic heterocycles. The van der Waals surface area contributed by atoms with Crippen molar-refractivity contribution >= 4 is 0 Å². The smallest absolute Gasteiger partial charge is 0.00965 e. The lowest BCUT2D eigenvalue weighted by molar-refractivity contribution is 0.228. The largest absolute Gasteiger partial charge is 0.328 e. The Balaban J connectivity index is 2.15. The molecule has 0 bridgehead atoms. The standard InChI is InChI=1S/C12H26N2/c1-10(2)9-14(12-6-7-12)8-4-5-11(3)13/h10-12H,4-9,13H2,1-3H3. The molecule has 1 aliphatic carbocycles. The fourth-order valence-electron chi connectivity index (χ4n) is 1.95. The molecule has 2 nitrogen and oxygen atoms in total. The quantitative estimate of drug-likeness (QED) is 0.680. The highest BCUT2D eigenvalue weighted by molar-refractivity contribution is 4.84. The molecule has 84 valence electrons. The number of rotatable bonds is 7. The third-order valence-electron chi connectivity index (χ3n) is 2.77. The molecule has 0 aromatic rings. The van der Waals surface area contributed by atoms with Crippen molar-refractivity contribution in [3.05, 3.63) is 0 Å². The van der Waals surface area contributed by atoms with Crippen molar-refractivity contribution < 1.29 is 0 Å². The molecular formula is C12H26N2. The zero-order valence-corrected chi connectivity index (χ0v) is 10.00. The predicted octanol–water partition coefficient (Wildman–Crippen LogP) is 2.23. The summed E-state index contributed by atoms with van der Waals surface area (Å²) in [5, 5.41) is 0. The second-order valence-corrected chi connectivity index (χ2v) is 5.24. The van der Waals surface area contributed by atoms with Crippen molar-refractivity contribution in [2.45, 2.75) is 58.5 Å². The molecule has 1 rings (SSSR count). The average molecular weight is 198 g/mol. The van der Waals surface area contributed by atoms with E-state index in [2.05, 4.69) is 25.7 Å². The summed E-state index contributed by atoms with van der Waals surface area (Å²) in [6, 6.07) is 1.28. The van der Waals surface area contributed by atoms with Crippen LogP contribution in [0, 0.1) is 5.92 Å². The summed E-state index contributed by atoms with van der Waals surface area (Å²) in [7, 11) is 0. The lowest BCUT2D eigenvalue weighted by Crippen LogP contribution is -2.31. The van der Waals surface area contributed by atoms with E-state index in [1.54, 1.807) is 0 Å². The highest BCUT2D eigenvalue weighted by Crippen LogP contribution is 2.27. The Morgan fingerprint density at radius 2 is 1.93 bits per heavy atom. The van der Waals surface area contributed by atoms with Gasteiger partial charge >= 0.3 is 0 Å². The summed E-state index contributed by atoms with van der Waals surface area (Å²) >= 11 is 0. The molecule has 2 heteroatoms. The van der Waals surface area contributed by atoms with Crippen LogP contribution in [0.15, 0.2) is 0 Å². The molecule has 14 heavy (non-hydrogen) atoms. The van der Waals surface area contributed by atoms with Crippen LogP contribution in [0.1, 0.15) is 46.5 Å². The first-order valence-electron chi connectivity index (χ1n) is 6.09. The molecule has 0 aromatic heterocycles. The summed E-state index contributed by atoms with van der Waals surface area (Å²) in [4.78, 5) is 2.66. The molecule has 2 N–H and O–H groups in total. The lowest BCUT2D eigenvalue weighted by atomic mass is 10.1. The Labute approximate surface area is 88.8 Å².